The van der Waals surface area contributed by atoms with E-state index in [0.717, 1.165) is 23.0 Å². The maximum Gasteiger partial charge on any atom is 0.330 e. The molecule has 2 N–H and O–H groups in total. The SMILES string of the molecule is C[C@@H](CCc1ccccc1)Nc1ncc2c(=O)n(Cc3ccccc3)c(=O)[nH]c2n1. The molecule has 0 fully saturated rings. The molecule has 0 radical (unpaired) electrons. The highest BCUT2D eigenvalue weighted by atomic mass is 16.2. The van der Waals surface area contributed by atoms with Gasteiger partial charge in [0.2, 0.25) is 5.95 Å². The lowest BCUT2D eigenvalue weighted by Gasteiger charge is -2.14. The number of fused-ring (bicyclic) bond motifs is 1. The van der Waals surface area contributed by atoms with Gasteiger partial charge in [0.05, 0.1) is 6.54 Å². The normalized spacial score (nSPS) is 12.0. The van der Waals surface area contributed by atoms with Crippen molar-refractivity contribution in [1.82, 2.24) is 19.5 Å². The van der Waals surface area contributed by atoms with Crippen LogP contribution in [0, 0.1) is 0 Å². The fourth-order valence-corrected chi connectivity index (χ4v) is 3.34. The lowest BCUT2D eigenvalue weighted by molar-refractivity contribution is 0.696. The molecular weight excluding hydrogens is 378 g/mol. The van der Waals surface area contributed by atoms with Gasteiger partial charge in [0.1, 0.15) is 5.39 Å². The molecule has 4 aromatic rings. The van der Waals surface area contributed by atoms with Gasteiger partial charge in [-0.25, -0.2) is 9.78 Å². The fraction of sp³-hybridized carbons (Fsp3) is 0.217. The van der Waals surface area contributed by atoms with Gasteiger partial charge in [0.25, 0.3) is 5.56 Å². The summed E-state index contributed by atoms with van der Waals surface area (Å²) in [6, 6.07) is 19.8. The Morgan fingerprint density at radius 2 is 1.67 bits per heavy atom. The Balaban J connectivity index is 1.52. The Bertz CT molecular complexity index is 1250. The van der Waals surface area contributed by atoms with Crippen LogP contribution in [0.4, 0.5) is 5.95 Å². The van der Waals surface area contributed by atoms with Gasteiger partial charge in [-0.3, -0.25) is 14.3 Å². The first-order valence-corrected chi connectivity index (χ1v) is 9.94. The summed E-state index contributed by atoms with van der Waals surface area (Å²) in [5.74, 6) is 0.388. The molecule has 4 rings (SSSR count). The van der Waals surface area contributed by atoms with Crippen LogP contribution in [0.25, 0.3) is 11.0 Å². The number of rotatable bonds is 7. The first kappa shape index (κ1) is 19.6. The highest BCUT2D eigenvalue weighted by Gasteiger charge is 2.12. The molecule has 0 saturated heterocycles. The summed E-state index contributed by atoms with van der Waals surface area (Å²) in [4.78, 5) is 36.6. The molecule has 0 saturated carbocycles. The number of H-pyrrole nitrogens is 1. The van der Waals surface area contributed by atoms with Crippen molar-refractivity contribution >= 4 is 17.0 Å². The number of benzene rings is 2. The molecule has 2 aromatic carbocycles. The minimum absolute atomic E-state index is 0.132. The maximum absolute atomic E-state index is 12.8. The number of aromatic nitrogens is 4. The molecule has 0 amide bonds. The topological polar surface area (TPSA) is 92.7 Å². The standard InChI is InChI=1S/C23H23N5O2/c1-16(12-13-17-8-4-2-5-9-17)25-22-24-14-19-20(26-22)27-23(30)28(21(19)29)15-18-10-6-3-7-11-18/h2-11,14,16H,12-13,15H2,1H3,(H2,24,25,26,27,30)/t16-/m0/s1. The van der Waals surface area contributed by atoms with E-state index in [0.29, 0.717) is 5.95 Å². The van der Waals surface area contributed by atoms with Crippen LogP contribution in [-0.4, -0.2) is 25.6 Å². The van der Waals surface area contributed by atoms with Crippen LogP contribution in [0.2, 0.25) is 0 Å². The molecule has 0 aliphatic rings. The Morgan fingerprint density at radius 3 is 2.37 bits per heavy atom. The van der Waals surface area contributed by atoms with Crippen molar-refractivity contribution in [2.24, 2.45) is 0 Å². The molecule has 0 aliphatic heterocycles. The molecular formula is C23H23N5O2. The zero-order valence-electron chi connectivity index (χ0n) is 16.7. The predicted octanol–water partition coefficient (Wildman–Crippen LogP) is 2.96. The largest absolute Gasteiger partial charge is 0.352 e. The van der Waals surface area contributed by atoms with Crippen LogP contribution in [0.3, 0.4) is 0 Å². The maximum atomic E-state index is 12.8. The Kier molecular flexibility index (Phi) is 5.70. The zero-order chi connectivity index (χ0) is 20.9. The number of anilines is 1. The van der Waals surface area contributed by atoms with E-state index in [4.69, 9.17) is 0 Å². The van der Waals surface area contributed by atoms with Crippen LogP contribution < -0.4 is 16.6 Å². The van der Waals surface area contributed by atoms with E-state index in [2.05, 4.69) is 39.3 Å². The summed E-state index contributed by atoms with van der Waals surface area (Å²) in [6.45, 7) is 2.25. The van der Waals surface area contributed by atoms with Crippen molar-refractivity contribution < 1.29 is 0 Å². The second kappa shape index (κ2) is 8.73. The van der Waals surface area contributed by atoms with Crippen molar-refractivity contribution in [2.75, 3.05) is 5.32 Å². The number of hydrogen-bond donors (Lipinski definition) is 2. The minimum atomic E-state index is -0.488. The molecule has 7 heteroatoms. The monoisotopic (exact) mass is 401 g/mol. The Hall–Kier alpha value is -3.74. The fourth-order valence-electron chi connectivity index (χ4n) is 3.34. The van der Waals surface area contributed by atoms with Gasteiger partial charge in [0.15, 0.2) is 5.65 Å². The Morgan fingerprint density at radius 1 is 1.00 bits per heavy atom. The highest BCUT2D eigenvalue weighted by Crippen LogP contribution is 2.10. The molecule has 0 unspecified atom stereocenters. The van der Waals surface area contributed by atoms with Crippen molar-refractivity contribution in [3.8, 4) is 0 Å². The average Bonchev–Trinajstić information content (AvgIpc) is 2.76. The molecule has 2 aromatic heterocycles. The van der Waals surface area contributed by atoms with Gasteiger partial charge in [-0.05, 0) is 30.9 Å². The zero-order valence-corrected chi connectivity index (χ0v) is 16.7. The number of aromatic amines is 1. The van der Waals surface area contributed by atoms with Crippen molar-refractivity contribution in [3.05, 3.63) is 98.8 Å². The smallest absolute Gasteiger partial charge is 0.330 e. The summed E-state index contributed by atoms with van der Waals surface area (Å²) in [6.07, 6.45) is 3.30. The van der Waals surface area contributed by atoms with Gasteiger partial charge >= 0.3 is 5.69 Å². The van der Waals surface area contributed by atoms with Gasteiger partial charge in [0, 0.05) is 12.2 Å². The quantitative estimate of drug-likeness (QED) is 0.497. The molecule has 0 bridgehead atoms. The lowest BCUT2D eigenvalue weighted by atomic mass is 10.1. The molecule has 30 heavy (non-hydrogen) atoms. The summed E-state index contributed by atoms with van der Waals surface area (Å²) in [7, 11) is 0. The average molecular weight is 401 g/mol. The lowest BCUT2D eigenvalue weighted by Crippen LogP contribution is -2.35. The van der Waals surface area contributed by atoms with Gasteiger partial charge < -0.3 is 5.32 Å². The molecule has 152 valence electrons. The second-order valence-corrected chi connectivity index (χ2v) is 7.33. The summed E-state index contributed by atoms with van der Waals surface area (Å²) in [5.41, 5.74) is 1.49. The third-order valence-corrected chi connectivity index (χ3v) is 5.00. The van der Waals surface area contributed by atoms with Crippen LogP contribution >= 0.6 is 0 Å². The molecule has 0 spiro atoms. The van der Waals surface area contributed by atoms with E-state index in [-0.39, 0.29) is 23.6 Å². The van der Waals surface area contributed by atoms with E-state index in [1.54, 1.807) is 0 Å². The third-order valence-electron chi connectivity index (χ3n) is 5.00. The van der Waals surface area contributed by atoms with Crippen LogP contribution in [0.1, 0.15) is 24.5 Å². The number of hydrogen-bond acceptors (Lipinski definition) is 5. The number of aryl methyl sites for hydroxylation is 1. The van der Waals surface area contributed by atoms with E-state index in [1.165, 1.54) is 11.8 Å². The highest BCUT2D eigenvalue weighted by molar-refractivity contribution is 5.73. The summed E-state index contributed by atoms with van der Waals surface area (Å²) in [5, 5.41) is 3.53. The third kappa shape index (κ3) is 4.46. The van der Waals surface area contributed by atoms with Gasteiger partial charge in [-0.1, -0.05) is 60.7 Å². The minimum Gasteiger partial charge on any atom is -0.352 e. The summed E-state index contributed by atoms with van der Waals surface area (Å²) < 4.78 is 1.16. The van der Waals surface area contributed by atoms with E-state index in [9.17, 15) is 9.59 Å². The molecule has 0 aliphatic carbocycles. The van der Waals surface area contributed by atoms with Crippen LogP contribution in [-0.2, 0) is 13.0 Å². The second-order valence-electron chi connectivity index (χ2n) is 7.33. The van der Waals surface area contributed by atoms with Crippen molar-refractivity contribution in [1.29, 1.82) is 0 Å². The first-order chi connectivity index (χ1) is 14.6. The van der Waals surface area contributed by atoms with E-state index >= 15 is 0 Å². The molecule has 2 heterocycles. The number of nitrogens with one attached hydrogen (secondary N) is 2. The van der Waals surface area contributed by atoms with E-state index in [1.807, 2.05) is 48.5 Å². The molecule has 7 nitrogen and oxygen atoms in total. The number of nitrogens with zero attached hydrogens (tertiary/aromatic N) is 3. The van der Waals surface area contributed by atoms with Crippen LogP contribution in [0.15, 0.2) is 76.4 Å². The van der Waals surface area contributed by atoms with Crippen molar-refractivity contribution in [2.45, 2.75) is 32.4 Å². The summed E-state index contributed by atoms with van der Waals surface area (Å²) >= 11 is 0. The first-order valence-electron chi connectivity index (χ1n) is 9.94. The van der Waals surface area contributed by atoms with Crippen LogP contribution in [0.5, 0.6) is 0 Å². The molecule has 1 atom stereocenters. The Labute approximate surface area is 173 Å². The van der Waals surface area contributed by atoms with E-state index < -0.39 is 11.2 Å². The van der Waals surface area contributed by atoms with Crippen molar-refractivity contribution in [3.63, 3.8) is 0 Å². The van der Waals surface area contributed by atoms with Gasteiger partial charge in [-0.15, -0.1) is 0 Å². The van der Waals surface area contributed by atoms with Gasteiger partial charge in [-0.2, -0.15) is 4.98 Å². The predicted molar refractivity (Wildman–Crippen MR) is 118 cm³/mol.